The van der Waals surface area contributed by atoms with Crippen LogP contribution in [-0.4, -0.2) is 0 Å². The molecule has 0 aliphatic heterocycles. The third-order valence-corrected chi connectivity index (χ3v) is 5.45. The first-order valence-corrected chi connectivity index (χ1v) is 10.2. The largest absolute Gasteiger partial charge is 0.213 e. The van der Waals surface area contributed by atoms with E-state index in [2.05, 4.69) is 117 Å². The van der Waals surface area contributed by atoms with Crippen molar-refractivity contribution in [2.24, 2.45) is 0 Å². The molecule has 4 rings (SSSR count). The van der Waals surface area contributed by atoms with Crippen molar-refractivity contribution in [3.05, 3.63) is 90.5 Å². The van der Waals surface area contributed by atoms with Gasteiger partial charge in [0, 0.05) is 23.1 Å². The van der Waals surface area contributed by atoms with Crippen LogP contribution in [0.2, 0.25) is 0 Å². The van der Waals surface area contributed by atoms with E-state index in [-0.39, 0.29) is 0 Å². The van der Waals surface area contributed by atoms with Crippen LogP contribution in [0.1, 0.15) is 45.2 Å². The number of fused-ring (bicyclic) bond motifs is 1. The molecule has 1 aromatic heterocycles. The predicted molar refractivity (Wildman–Crippen MR) is 119 cm³/mol. The number of aromatic nitrogens is 1. The number of pyridine rings is 1. The molecule has 0 aliphatic carbocycles. The summed E-state index contributed by atoms with van der Waals surface area (Å²) < 4.78 is 2.48. The minimum absolute atomic E-state index is 0.376. The standard InChI is InChI=1S/C27H28N/c1-19(2)24-12-8-9-13-25(24)27-17-15-23-18-22(21-10-6-5-7-11-21)14-16-26(23)28(27)20(3)4/h5-20H,1-4H3/q+1. The van der Waals surface area contributed by atoms with Crippen LogP contribution in [0.3, 0.4) is 0 Å². The second-order valence-corrected chi connectivity index (χ2v) is 8.06. The van der Waals surface area contributed by atoms with Gasteiger partial charge in [0.25, 0.3) is 0 Å². The van der Waals surface area contributed by atoms with Crippen molar-refractivity contribution in [3.63, 3.8) is 0 Å². The summed E-state index contributed by atoms with van der Waals surface area (Å²) in [7, 11) is 0. The Morgan fingerprint density at radius 1 is 0.643 bits per heavy atom. The summed E-state index contributed by atoms with van der Waals surface area (Å²) in [6.45, 7) is 9.08. The van der Waals surface area contributed by atoms with Crippen LogP contribution in [0, 0.1) is 0 Å². The van der Waals surface area contributed by atoms with E-state index >= 15 is 0 Å². The van der Waals surface area contributed by atoms with E-state index in [1.165, 1.54) is 38.9 Å². The van der Waals surface area contributed by atoms with Crippen LogP contribution in [0.25, 0.3) is 33.3 Å². The van der Waals surface area contributed by atoms with Gasteiger partial charge in [-0.25, -0.2) is 0 Å². The number of hydrogen-bond donors (Lipinski definition) is 0. The van der Waals surface area contributed by atoms with Crippen LogP contribution in [0.4, 0.5) is 0 Å². The molecule has 0 bridgehead atoms. The highest BCUT2D eigenvalue weighted by molar-refractivity contribution is 5.84. The number of benzene rings is 3. The lowest BCUT2D eigenvalue weighted by Gasteiger charge is -2.15. The summed E-state index contributed by atoms with van der Waals surface area (Å²) in [5.41, 5.74) is 7.83. The molecule has 0 aliphatic rings. The van der Waals surface area contributed by atoms with E-state index in [0.29, 0.717) is 12.0 Å². The van der Waals surface area contributed by atoms with E-state index in [1.807, 2.05) is 0 Å². The van der Waals surface area contributed by atoms with Gasteiger partial charge >= 0.3 is 0 Å². The maximum absolute atomic E-state index is 2.48. The highest BCUT2D eigenvalue weighted by Gasteiger charge is 2.23. The van der Waals surface area contributed by atoms with Gasteiger partial charge in [0.15, 0.2) is 6.04 Å². The Morgan fingerprint density at radius 2 is 1.36 bits per heavy atom. The van der Waals surface area contributed by atoms with Crippen molar-refractivity contribution >= 4 is 10.9 Å². The smallest absolute Gasteiger partial charge is 0.189 e. The molecule has 3 aromatic carbocycles. The monoisotopic (exact) mass is 366 g/mol. The van der Waals surface area contributed by atoms with Gasteiger partial charge in [-0.3, -0.25) is 0 Å². The molecule has 0 saturated carbocycles. The van der Waals surface area contributed by atoms with Crippen LogP contribution in [0.15, 0.2) is 84.9 Å². The predicted octanol–water partition coefficient (Wildman–Crippen LogP) is 7.17. The van der Waals surface area contributed by atoms with Gasteiger partial charge in [-0.1, -0.05) is 62.4 Å². The molecular formula is C27H28N+. The summed E-state index contributed by atoms with van der Waals surface area (Å²) in [6.07, 6.45) is 0. The maximum atomic E-state index is 2.48. The SMILES string of the molecule is CC(C)c1ccccc1-c1ccc2cc(-c3ccccc3)ccc2[n+]1C(C)C. The van der Waals surface area contributed by atoms with E-state index in [4.69, 9.17) is 0 Å². The molecule has 140 valence electrons. The van der Waals surface area contributed by atoms with Gasteiger partial charge in [-0.15, -0.1) is 0 Å². The van der Waals surface area contributed by atoms with E-state index < -0.39 is 0 Å². The first kappa shape index (κ1) is 18.4. The molecule has 28 heavy (non-hydrogen) atoms. The zero-order valence-corrected chi connectivity index (χ0v) is 17.2. The molecule has 1 heterocycles. The number of hydrogen-bond acceptors (Lipinski definition) is 0. The molecule has 0 atom stereocenters. The van der Waals surface area contributed by atoms with Gasteiger partial charge in [0.1, 0.15) is 0 Å². The Bertz CT molecular complexity index is 1110. The van der Waals surface area contributed by atoms with Crippen LogP contribution in [0.5, 0.6) is 0 Å². The van der Waals surface area contributed by atoms with Crippen molar-refractivity contribution in [2.75, 3.05) is 0 Å². The molecule has 1 heteroatoms. The minimum Gasteiger partial charge on any atom is -0.189 e. The summed E-state index contributed by atoms with van der Waals surface area (Å²) in [4.78, 5) is 0. The van der Waals surface area contributed by atoms with Crippen molar-refractivity contribution in [1.82, 2.24) is 0 Å². The first-order chi connectivity index (χ1) is 13.6. The van der Waals surface area contributed by atoms with Crippen LogP contribution < -0.4 is 4.57 Å². The van der Waals surface area contributed by atoms with Gasteiger partial charge in [0.2, 0.25) is 11.2 Å². The Labute approximate surface area is 168 Å². The fourth-order valence-electron chi connectivity index (χ4n) is 4.11. The minimum atomic E-state index is 0.376. The molecule has 0 radical (unpaired) electrons. The molecular weight excluding hydrogens is 338 g/mol. The van der Waals surface area contributed by atoms with E-state index in [9.17, 15) is 0 Å². The normalized spacial score (nSPS) is 11.5. The first-order valence-electron chi connectivity index (χ1n) is 10.2. The van der Waals surface area contributed by atoms with Crippen molar-refractivity contribution in [3.8, 4) is 22.4 Å². The van der Waals surface area contributed by atoms with Crippen LogP contribution >= 0.6 is 0 Å². The fraction of sp³-hybridized carbons (Fsp3) is 0.222. The van der Waals surface area contributed by atoms with Crippen molar-refractivity contribution < 1.29 is 4.57 Å². The molecule has 0 fully saturated rings. The Kier molecular flexibility index (Phi) is 5.00. The average Bonchev–Trinajstić information content (AvgIpc) is 2.73. The topological polar surface area (TPSA) is 3.88 Å². The summed E-state index contributed by atoms with van der Waals surface area (Å²) in [5, 5.41) is 1.28. The lowest BCUT2D eigenvalue weighted by atomic mass is 9.94. The lowest BCUT2D eigenvalue weighted by molar-refractivity contribution is -0.680. The van der Waals surface area contributed by atoms with Gasteiger partial charge in [-0.2, -0.15) is 4.57 Å². The molecule has 1 nitrogen and oxygen atoms in total. The van der Waals surface area contributed by atoms with Crippen molar-refractivity contribution in [2.45, 2.75) is 39.7 Å². The van der Waals surface area contributed by atoms with Gasteiger partial charge in [-0.05, 0) is 60.7 Å². The molecule has 0 spiro atoms. The third kappa shape index (κ3) is 3.33. The Hall–Kier alpha value is -2.93. The summed E-state index contributed by atoms with van der Waals surface area (Å²) >= 11 is 0. The summed E-state index contributed by atoms with van der Waals surface area (Å²) in [5.74, 6) is 0.493. The molecule has 0 N–H and O–H groups in total. The second kappa shape index (κ2) is 7.59. The second-order valence-electron chi connectivity index (χ2n) is 8.06. The van der Waals surface area contributed by atoms with E-state index in [0.717, 1.165) is 0 Å². The molecule has 0 saturated heterocycles. The number of nitrogens with zero attached hydrogens (tertiary/aromatic N) is 1. The zero-order chi connectivity index (χ0) is 19.7. The summed E-state index contributed by atoms with van der Waals surface area (Å²) in [6, 6.07) is 31.2. The third-order valence-electron chi connectivity index (χ3n) is 5.45. The highest BCUT2D eigenvalue weighted by Crippen LogP contribution is 2.30. The highest BCUT2D eigenvalue weighted by atomic mass is 15.0. The quantitative estimate of drug-likeness (QED) is 0.337. The average molecular weight is 367 g/mol. The van der Waals surface area contributed by atoms with Crippen LogP contribution in [-0.2, 0) is 0 Å². The van der Waals surface area contributed by atoms with E-state index in [1.54, 1.807) is 0 Å². The molecule has 0 unspecified atom stereocenters. The van der Waals surface area contributed by atoms with Crippen molar-refractivity contribution in [1.29, 1.82) is 0 Å². The Morgan fingerprint density at radius 3 is 2.07 bits per heavy atom. The Balaban J connectivity index is 1.94. The number of rotatable bonds is 4. The molecule has 4 aromatic rings. The maximum Gasteiger partial charge on any atom is 0.213 e. The van der Waals surface area contributed by atoms with Gasteiger partial charge < -0.3 is 0 Å². The lowest BCUT2D eigenvalue weighted by Crippen LogP contribution is -2.39. The van der Waals surface area contributed by atoms with Gasteiger partial charge in [0.05, 0.1) is 0 Å². The zero-order valence-electron chi connectivity index (χ0n) is 17.2. The fourth-order valence-corrected chi connectivity index (χ4v) is 4.11. The molecule has 0 amide bonds.